The minimum absolute atomic E-state index is 0.0971. The van der Waals surface area contributed by atoms with Gasteiger partial charge in [-0.25, -0.2) is 0 Å². The van der Waals surface area contributed by atoms with Crippen molar-refractivity contribution in [3.8, 4) is 0 Å². The van der Waals surface area contributed by atoms with E-state index in [0.717, 1.165) is 19.4 Å². The van der Waals surface area contributed by atoms with Gasteiger partial charge in [0.25, 0.3) is 0 Å². The van der Waals surface area contributed by atoms with E-state index in [0.29, 0.717) is 19.4 Å². The zero-order valence-corrected chi connectivity index (χ0v) is 10.6. The largest absolute Gasteiger partial charge is 0.380 e. The third-order valence-corrected chi connectivity index (χ3v) is 3.34. The van der Waals surface area contributed by atoms with Gasteiger partial charge in [0, 0.05) is 32.5 Å². The summed E-state index contributed by atoms with van der Waals surface area (Å²) in [6, 6.07) is 0. The first kappa shape index (κ1) is 14.0. The molecule has 0 spiro atoms. The number of amides is 2. The molecule has 0 radical (unpaired) electrons. The second kappa shape index (κ2) is 6.59. The number of carbonyl (C=O) groups is 2. The Bertz CT molecular complexity index is 281. The molecule has 2 atom stereocenters. The molecule has 0 bridgehead atoms. The summed E-state index contributed by atoms with van der Waals surface area (Å²) in [4.78, 5) is 24.6. The molecule has 5 nitrogen and oxygen atoms in total. The molecule has 5 heteroatoms. The summed E-state index contributed by atoms with van der Waals surface area (Å²) in [6.07, 6.45) is 3.07. The second-order valence-electron chi connectivity index (χ2n) is 4.68. The highest BCUT2D eigenvalue weighted by Gasteiger charge is 2.23. The van der Waals surface area contributed by atoms with Crippen molar-refractivity contribution in [3.63, 3.8) is 0 Å². The van der Waals surface area contributed by atoms with E-state index in [2.05, 4.69) is 0 Å². The lowest BCUT2D eigenvalue weighted by Crippen LogP contribution is -2.43. The molecule has 1 aliphatic heterocycles. The molecule has 1 heterocycles. The quantitative estimate of drug-likeness (QED) is 0.764. The van der Waals surface area contributed by atoms with E-state index >= 15 is 0 Å². The fraction of sp³-hybridized carbons (Fsp3) is 0.833. The monoisotopic (exact) mass is 242 g/mol. The summed E-state index contributed by atoms with van der Waals surface area (Å²) >= 11 is 0. The minimum Gasteiger partial charge on any atom is -0.380 e. The zero-order chi connectivity index (χ0) is 12.8. The van der Waals surface area contributed by atoms with Crippen LogP contribution in [0.5, 0.6) is 0 Å². The summed E-state index contributed by atoms with van der Waals surface area (Å²) < 4.78 is 5.27. The van der Waals surface area contributed by atoms with Crippen LogP contribution in [-0.2, 0) is 14.3 Å². The Morgan fingerprint density at radius 1 is 1.53 bits per heavy atom. The number of likely N-dealkylation sites (tertiary alicyclic amines) is 1. The highest BCUT2D eigenvalue weighted by Crippen LogP contribution is 2.15. The van der Waals surface area contributed by atoms with Crippen LogP contribution in [0.15, 0.2) is 0 Å². The van der Waals surface area contributed by atoms with Crippen LogP contribution in [0.3, 0.4) is 0 Å². The first-order chi connectivity index (χ1) is 8.04. The molecule has 1 aliphatic rings. The molecular weight excluding hydrogens is 220 g/mol. The average Bonchev–Trinajstić information content (AvgIpc) is 2.35. The van der Waals surface area contributed by atoms with Crippen molar-refractivity contribution in [1.29, 1.82) is 0 Å². The molecule has 0 aromatic heterocycles. The van der Waals surface area contributed by atoms with Crippen molar-refractivity contribution < 1.29 is 14.3 Å². The fourth-order valence-electron chi connectivity index (χ4n) is 2.00. The van der Waals surface area contributed by atoms with Crippen LogP contribution < -0.4 is 5.73 Å². The van der Waals surface area contributed by atoms with Gasteiger partial charge in [0.15, 0.2) is 0 Å². The van der Waals surface area contributed by atoms with Gasteiger partial charge < -0.3 is 15.4 Å². The van der Waals surface area contributed by atoms with E-state index in [-0.39, 0.29) is 23.8 Å². The molecule has 0 saturated carbocycles. The number of ether oxygens (including phenoxy) is 1. The minimum atomic E-state index is -0.341. The molecule has 0 aromatic rings. The molecule has 2 N–H and O–H groups in total. The zero-order valence-electron chi connectivity index (χ0n) is 10.6. The van der Waals surface area contributed by atoms with Crippen molar-refractivity contribution in [2.45, 2.75) is 38.7 Å². The molecule has 1 saturated heterocycles. The summed E-state index contributed by atoms with van der Waals surface area (Å²) in [6.45, 7) is 3.22. The molecule has 2 amide bonds. The Morgan fingerprint density at radius 3 is 2.82 bits per heavy atom. The topological polar surface area (TPSA) is 72.6 Å². The van der Waals surface area contributed by atoms with Crippen LogP contribution in [0.25, 0.3) is 0 Å². The van der Waals surface area contributed by atoms with E-state index < -0.39 is 0 Å². The van der Waals surface area contributed by atoms with E-state index in [1.807, 2.05) is 4.90 Å². The highest BCUT2D eigenvalue weighted by atomic mass is 16.5. The van der Waals surface area contributed by atoms with Gasteiger partial charge in [-0.3, -0.25) is 9.59 Å². The lowest BCUT2D eigenvalue weighted by atomic mass is 10.0. The van der Waals surface area contributed by atoms with Gasteiger partial charge in [-0.1, -0.05) is 6.92 Å². The van der Waals surface area contributed by atoms with Crippen molar-refractivity contribution in [1.82, 2.24) is 4.90 Å². The summed E-state index contributed by atoms with van der Waals surface area (Å²) in [5.41, 5.74) is 5.16. The number of nitrogens with zero attached hydrogens (tertiary/aromatic N) is 1. The standard InChI is InChI=1S/C12H22N2O3/c1-9(12(13)16)5-6-11(15)14-7-3-4-10(8-14)17-2/h9-10H,3-8H2,1-2H3,(H2,13,16)/t9?,10-/m0/s1. The Morgan fingerprint density at radius 2 is 2.24 bits per heavy atom. The van der Waals surface area contributed by atoms with E-state index in [1.165, 1.54) is 0 Å². The summed E-state index contributed by atoms with van der Waals surface area (Å²) in [5.74, 6) is -0.479. The lowest BCUT2D eigenvalue weighted by Gasteiger charge is -2.32. The second-order valence-corrected chi connectivity index (χ2v) is 4.68. The van der Waals surface area contributed by atoms with Crippen molar-refractivity contribution in [2.24, 2.45) is 11.7 Å². The highest BCUT2D eigenvalue weighted by molar-refractivity contribution is 5.79. The van der Waals surface area contributed by atoms with Gasteiger partial charge in [-0.15, -0.1) is 0 Å². The van der Waals surface area contributed by atoms with E-state index in [4.69, 9.17) is 10.5 Å². The average molecular weight is 242 g/mol. The van der Waals surface area contributed by atoms with Gasteiger partial charge in [0.05, 0.1) is 6.10 Å². The Balaban J connectivity index is 2.34. The van der Waals surface area contributed by atoms with Gasteiger partial charge in [0.1, 0.15) is 0 Å². The molecule has 98 valence electrons. The van der Waals surface area contributed by atoms with Crippen LogP contribution >= 0.6 is 0 Å². The molecular formula is C12H22N2O3. The maximum absolute atomic E-state index is 11.9. The molecule has 1 unspecified atom stereocenters. The SMILES string of the molecule is CO[C@H]1CCCN(C(=O)CCC(C)C(N)=O)C1. The maximum atomic E-state index is 11.9. The number of piperidine rings is 1. The first-order valence-electron chi connectivity index (χ1n) is 6.14. The maximum Gasteiger partial charge on any atom is 0.222 e. The number of primary amides is 1. The smallest absolute Gasteiger partial charge is 0.222 e. The van der Waals surface area contributed by atoms with E-state index in [9.17, 15) is 9.59 Å². The van der Waals surface area contributed by atoms with Gasteiger partial charge in [-0.05, 0) is 19.3 Å². The number of nitrogens with two attached hydrogens (primary N) is 1. The summed E-state index contributed by atoms with van der Waals surface area (Å²) in [5, 5.41) is 0. The van der Waals surface area contributed by atoms with Crippen molar-refractivity contribution in [2.75, 3.05) is 20.2 Å². The van der Waals surface area contributed by atoms with Crippen molar-refractivity contribution >= 4 is 11.8 Å². The normalized spacial score (nSPS) is 22.2. The third kappa shape index (κ3) is 4.34. The number of methoxy groups -OCH3 is 1. The summed E-state index contributed by atoms with van der Waals surface area (Å²) in [7, 11) is 1.67. The number of hydrogen-bond donors (Lipinski definition) is 1. The van der Waals surface area contributed by atoms with Crippen LogP contribution in [0.2, 0.25) is 0 Å². The Labute approximate surface area is 102 Å². The Hall–Kier alpha value is -1.10. The van der Waals surface area contributed by atoms with Crippen molar-refractivity contribution in [3.05, 3.63) is 0 Å². The van der Waals surface area contributed by atoms with Gasteiger partial charge in [0.2, 0.25) is 11.8 Å². The van der Waals surface area contributed by atoms with Gasteiger partial charge >= 0.3 is 0 Å². The Kier molecular flexibility index (Phi) is 5.41. The first-order valence-corrected chi connectivity index (χ1v) is 6.14. The van der Waals surface area contributed by atoms with E-state index in [1.54, 1.807) is 14.0 Å². The molecule has 17 heavy (non-hydrogen) atoms. The molecule has 0 aromatic carbocycles. The molecule has 1 rings (SSSR count). The van der Waals surface area contributed by atoms with Gasteiger partial charge in [-0.2, -0.15) is 0 Å². The number of carbonyl (C=O) groups excluding carboxylic acids is 2. The predicted molar refractivity (Wildman–Crippen MR) is 64.2 cm³/mol. The third-order valence-electron chi connectivity index (χ3n) is 3.34. The molecule has 0 aliphatic carbocycles. The number of rotatable bonds is 5. The van der Waals surface area contributed by atoms with Crippen LogP contribution in [0.1, 0.15) is 32.6 Å². The lowest BCUT2D eigenvalue weighted by molar-refractivity contribution is -0.135. The fourth-order valence-corrected chi connectivity index (χ4v) is 2.00. The van der Waals surface area contributed by atoms with Crippen LogP contribution in [-0.4, -0.2) is 43.0 Å². The molecule has 1 fully saturated rings. The predicted octanol–water partition coefficient (Wildman–Crippen LogP) is 0.525. The van der Waals surface area contributed by atoms with Crippen LogP contribution in [0.4, 0.5) is 0 Å². The number of hydrogen-bond acceptors (Lipinski definition) is 3. The van der Waals surface area contributed by atoms with Crippen LogP contribution in [0, 0.1) is 5.92 Å².